The zero-order chi connectivity index (χ0) is 16.9. The first-order valence-corrected chi connectivity index (χ1v) is 8.56. The number of piperidine rings is 1. The van der Waals surface area contributed by atoms with E-state index in [1.165, 1.54) is 0 Å². The van der Waals surface area contributed by atoms with E-state index in [9.17, 15) is 4.79 Å². The van der Waals surface area contributed by atoms with Gasteiger partial charge in [-0.15, -0.1) is 0 Å². The predicted molar refractivity (Wildman–Crippen MR) is 99.9 cm³/mol. The zero-order valence-electron chi connectivity index (χ0n) is 14.4. The summed E-state index contributed by atoms with van der Waals surface area (Å²) in [5.74, 6) is -0.0604. The van der Waals surface area contributed by atoms with Crippen LogP contribution in [0.5, 0.6) is 0 Å². The number of nitrogens with one attached hydrogen (secondary N) is 2. The lowest BCUT2D eigenvalue weighted by Crippen LogP contribution is -2.41. The van der Waals surface area contributed by atoms with Crippen LogP contribution in [0.15, 0.2) is 48.5 Å². The smallest absolute Gasteiger partial charge is 0.255 e. The molecule has 4 nitrogen and oxygen atoms in total. The number of aryl methyl sites for hydroxylation is 1. The molecule has 2 aromatic rings. The van der Waals surface area contributed by atoms with Crippen LogP contribution in [0.1, 0.15) is 28.8 Å². The minimum absolute atomic E-state index is 0.0604. The summed E-state index contributed by atoms with van der Waals surface area (Å²) in [5.41, 5.74) is 3.68. The fourth-order valence-electron chi connectivity index (χ4n) is 3.23. The summed E-state index contributed by atoms with van der Waals surface area (Å²) < 4.78 is 0. The highest BCUT2D eigenvalue weighted by Gasteiger charge is 2.18. The Kier molecular flexibility index (Phi) is 5.16. The maximum Gasteiger partial charge on any atom is 0.255 e. The molecule has 1 saturated heterocycles. The lowest BCUT2D eigenvalue weighted by molar-refractivity contribution is 0.102. The number of hydrogen-bond donors (Lipinski definition) is 2. The minimum atomic E-state index is -0.0604. The molecule has 2 aromatic carbocycles. The number of carbonyl (C=O) groups is 1. The number of amides is 1. The van der Waals surface area contributed by atoms with Crippen LogP contribution in [0, 0.1) is 6.92 Å². The number of anilines is 2. The van der Waals surface area contributed by atoms with Crippen LogP contribution in [0.3, 0.4) is 0 Å². The summed E-state index contributed by atoms with van der Waals surface area (Å²) in [4.78, 5) is 14.8. The van der Waals surface area contributed by atoms with Crippen molar-refractivity contribution in [2.24, 2.45) is 0 Å². The van der Waals surface area contributed by atoms with Gasteiger partial charge in [0.25, 0.3) is 5.91 Å². The minimum Gasteiger partial charge on any atom is -0.371 e. The molecule has 0 atom stereocenters. The van der Waals surface area contributed by atoms with Gasteiger partial charge in [-0.3, -0.25) is 4.79 Å². The first kappa shape index (κ1) is 16.5. The van der Waals surface area contributed by atoms with Gasteiger partial charge in [0.2, 0.25) is 0 Å². The molecule has 0 aliphatic carbocycles. The van der Waals surface area contributed by atoms with E-state index in [0.717, 1.165) is 48.4 Å². The van der Waals surface area contributed by atoms with Crippen molar-refractivity contribution >= 4 is 17.3 Å². The first-order valence-electron chi connectivity index (χ1n) is 8.56. The van der Waals surface area contributed by atoms with Crippen molar-refractivity contribution < 1.29 is 4.79 Å². The Balaban J connectivity index is 1.73. The monoisotopic (exact) mass is 323 g/mol. The van der Waals surface area contributed by atoms with Crippen molar-refractivity contribution in [2.75, 3.05) is 30.4 Å². The summed E-state index contributed by atoms with van der Waals surface area (Å²) in [5, 5.41) is 6.42. The van der Waals surface area contributed by atoms with E-state index in [1.807, 2.05) is 43.3 Å². The number of hydrogen-bond acceptors (Lipinski definition) is 3. The van der Waals surface area contributed by atoms with Crippen LogP contribution in [-0.4, -0.2) is 32.1 Å². The van der Waals surface area contributed by atoms with E-state index < -0.39 is 0 Å². The molecule has 0 saturated carbocycles. The summed E-state index contributed by atoms with van der Waals surface area (Å²) in [6.45, 7) is 4.09. The van der Waals surface area contributed by atoms with Gasteiger partial charge in [-0.05, 0) is 62.7 Å². The third-order valence-electron chi connectivity index (χ3n) is 4.76. The van der Waals surface area contributed by atoms with E-state index >= 15 is 0 Å². The van der Waals surface area contributed by atoms with Crippen molar-refractivity contribution in [1.29, 1.82) is 0 Å². The number of benzene rings is 2. The van der Waals surface area contributed by atoms with E-state index in [4.69, 9.17) is 0 Å². The summed E-state index contributed by atoms with van der Waals surface area (Å²) in [7, 11) is 2.14. The Labute approximate surface area is 143 Å². The molecule has 0 spiro atoms. The van der Waals surface area contributed by atoms with E-state index in [0.29, 0.717) is 6.04 Å². The van der Waals surface area contributed by atoms with Gasteiger partial charge in [-0.2, -0.15) is 0 Å². The number of rotatable bonds is 4. The number of carbonyl (C=O) groups excluding carboxylic acids is 1. The Bertz CT molecular complexity index is 708. The molecule has 1 aliphatic rings. The molecule has 126 valence electrons. The normalized spacial score (nSPS) is 15.1. The Morgan fingerprint density at radius 3 is 2.62 bits per heavy atom. The van der Waals surface area contributed by atoms with Gasteiger partial charge >= 0.3 is 0 Å². The number of nitrogens with zero attached hydrogens (tertiary/aromatic N) is 1. The summed E-state index contributed by atoms with van der Waals surface area (Å²) in [6, 6.07) is 16.3. The van der Waals surface area contributed by atoms with Gasteiger partial charge in [0.15, 0.2) is 0 Å². The molecular weight excluding hydrogens is 298 g/mol. The fraction of sp³-hybridized carbons (Fsp3) is 0.350. The van der Waals surface area contributed by atoms with Gasteiger partial charge in [0.05, 0.1) is 0 Å². The van der Waals surface area contributed by atoms with E-state index in [2.05, 4.69) is 34.7 Å². The lowest BCUT2D eigenvalue weighted by Gasteiger charge is -2.33. The van der Waals surface area contributed by atoms with Crippen LogP contribution in [0.2, 0.25) is 0 Å². The molecule has 4 heteroatoms. The zero-order valence-corrected chi connectivity index (χ0v) is 14.4. The van der Waals surface area contributed by atoms with Crippen molar-refractivity contribution in [1.82, 2.24) is 5.32 Å². The maximum absolute atomic E-state index is 12.5. The molecule has 1 aliphatic heterocycles. The van der Waals surface area contributed by atoms with Crippen molar-refractivity contribution in [3.8, 4) is 0 Å². The topological polar surface area (TPSA) is 44.4 Å². The second kappa shape index (κ2) is 7.49. The summed E-state index contributed by atoms with van der Waals surface area (Å²) >= 11 is 0. The largest absolute Gasteiger partial charge is 0.371 e. The Morgan fingerprint density at radius 2 is 1.88 bits per heavy atom. The highest BCUT2D eigenvalue weighted by molar-refractivity contribution is 6.05. The molecule has 1 heterocycles. The molecule has 0 radical (unpaired) electrons. The van der Waals surface area contributed by atoms with Crippen LogP contribution in [0.25, 0.3) is 0 Å². The van der Waals surface area contributed by atoms with Crippen molar-refractivity contribution in [2.45, 2.75) is 25.8 Å². The fourth-order valence-corrected chi connectivity index (χ4v) is 3.23. The SMILES string of the molecule is Cc1ccccc1C(=O)Nc1cccc(N(C)C2CCNCC2)c1. The predicted octanol–water partition coefficient (Wildman–Crippen LogP) is 3.44. The highest BCUT2D eigenvalue weighted by atomic mass is 16.1. The third kappa shape index (κ3) is 3.77. The highest BCUT2D eigenvalue weighted by Crippen LogP contribution is 2.23. The third-order valence-corrected chi connectivity index (χ3v) is 4.76. The molecule has 0 bridgehead atoms. The second-order valence-corrected chi connectivity index (χ2v) is 6.41. The molecule has 0 aromatic heterocycles. The lowest BCUT2D eigenvalue weighted by atomic mass is 10.0. The molecule has 1 fully saturated rings. The van der Waals surface area contributed by atoms with Crippen molar-refractivity contribution in [3.63, 3.8) is 0 Å². The summed E-state index contributed by atoms with van der Waals surface area (Å²) in [6.07, 6.45) is 2.30. The molecule has 3 rings (SSSR count). The molecular formula is C20H25N3O. The molecule has 0 unspecified atom stereocenters. The van der Waals surface area contributed by atoms with Gasteiger partial charge in [-0.25, -0.2) is 0 Å². The second-order valence-electron chi connectivity index (χ2n) is 6.41. The maximum atomic E-state index is 12.5. The van der Waals surface area contributed by atoms with Crippen LogP contribution >= 0.6 is 0 Å². The van der Waals surface area contributed by atoms with E-state index in [-0.39, 0.29) is 5.91 Å². The van der Waals surface area contributed by atoms with Gasteiger partial charge in [0, 0.05) is 30.0 Å². The van der Waals surface area contributed by atoms with E-state index in [1.54, 1.807) is 0 Å². The quantitative estimate of drug-likeness (QED) is 0.906. The standard InChI is InChI=1S/C20H25N3O/c1-15-6-3-4-9-19(15)20(24)22-16-7-5-8-18(14-16)23(2)17-10-12-21-13-11-17/h3-9,14,17,21H,10-13H2,1-2H3,(H,22,24). The Hall–Kier alpha value is -2.33. The average Bonchev–Trinajstić information content (AvgIpc) is 2.62. The van der Waals surface area contributed by atoms with Crippen LogP contribution < -0.4 is 15.5 Å². The van der Waals surface area contributed by atoms with Gasteiger partial charge in [-0.1, -0.05) is 24.3 Å². The molecule has 1 amide bonds. The Morgan fingerprint density at radius 1 is 1.12 bits per heavy atom. The van der Waals surface area contributed by atoms with Crippen LogP contribution in [-0.2, 0) is 0 Å². The van der Waals surface area contributed by atoms with Gasteiger partial charge < -0.3 is 15.5 Å². The first-order chi connectivity index (χ1) is 11.6. The molecule has 2 N–H and O–H groups in total. The molecule has 24 heavy (non-hydrogen) atoms. The van der Waals surface area contributed by atoms with Gasteiger partial charge in [0.1, 0.15) is 0 Å². The van der Waals surface area contributed by atoms with Crippen molar-refractivity contribution in [3.05, 3.63) is 59.7 Å². The average molecular weight is 323 g/mol. The van der Waals surface area contributed by atoms with Crippen LogP contribution in [0.4, 0.5) is 11.4 Å².